The van der Waals surface area contributed by atoms with Crippen LogP contribution in [0.15, 0.2) is 16.5 Å². The normalized spacial score (nSPS) is 18.1. The Hall–Kier alpha value is -1.33. The van der Waals surface area contributed by atoms with Crippen molar-refractivity contribution in [3.05, 3.63) is 23.7 Å². The molecule has 1 aromatic rings. The lowest BCUT2D eigenvalue weighted by Gasteiger charge is -2.34. The topological polar surface area (TPSA) is 73.9 Å². The molecule has 0 amide bonds. The highest BCUT2D eigenvalue weighted by atomic mass is 16.4. The zero-order valence-electron chi connectivity index (χ0n) is 7.51. The number of rotatable bonds is 3. The van der Waals surface area contributed by atoms with Gasteiger partial charge in [0.05, 0.1) is 12.6 Å². The second-order valence-electron chi connectivity index (χ2n) is 3.42. The molecule has 14 heavy (non-hydrogen) atoms. The molecule has 0 atom stereocenters. The van der Waals surface area contributed by atoms with Crippen molar-refractivity contribution in [3.63, 3.8) is 0 Å². The second kappa shape index (κ2) is 3.43. The molecule has 76 valence electrons. The first kappa shape index (κ1) is 9.23. The fraction of sp³-hybridized carbons (Fsp3) is 0.444. The summed E-state index contributed by atoms with van der Waals surface area (Å²) in [5, 5.41) is 17.6. The summed E-state index contributed by atoms with van der Waals surface area (Å²) in [6.07, 6.45) is -0.246. The molecule has 5 heteroatoms. The number of aliphatic hydroxyl groups is 1. The van der Waals surface area contributed by atoms with Gasteiger partial charge in [-0.2, -0.15) is 0 Å². The third kappa shape index (κ3) is 1.78. The average molecular weight is 197 g/mol. The van der Waals surface area contributed by atoms with Crippen molar-refractivity contribution in [1.82, 2.24) is 4.90 Å². The van der Waals surface area contributed by atoms with E-state index in [4.69, 9.17) is 14.6 Å². The predicted molar refractivity (Wildman–Crippen MR) is 47.0 cm³/mol. The molecular weight excluding hydrogens is 186 g/mol. The zero-order chi connectivity index (χ0) is 10.1. The lowest BCUT2D eigenvalue weighted by Crippen LogP contribution is -2.49. The molecule has 1 aromatic heterocycles. The summed E-state index contributed by atoms with van der Waals surface area (Å²) in [7, 11) is 0. The lowest BCUT2D eigenvalue weighted by molar-refractivity contribution is -0.00655. The molecule has 0 unspecified atom stereocenters. The van der Waals surface area contributed by atoms with Crippen LogP contribution in [0, 0.1) is 0 Å². The van der Waals surface area contributed by atoms with Gasteiger partial charge in [-0.25, -0.2) is 4.79 Å². The minimum atomic E-state index is -1.06. The first-order valence-electron chi connectivity index (χ1n) is 4.37. The Balaban J connectivity index is 1.93. The van der Waals surface area contributed by atoms with E-state index in [-0.39, 0.29) is 11.9 Å². The first-order chi connectivity index (χ1) is 6.65. The molecule has 2 heterocycles. The lowest BCUT2D eigenvalue weighted by atomic mass is 10.1. The van der Waals surface area contributed by atoms with E-state index in [9.17, 15) is 4.79 Å². The quantitative estimate of drug-likeness (QED) is 0.721. The van der Waals surface area contributed by atoms with E-state index in [1.165, 1.54) is 6.07 Å². The third-order valence-electron chi connectivity index (χ3n) is 2.19. The fourth-order valence-corrected chi connectivity index (χ4v) is 1.47. The van der Waals surface area contributed by atoms with Crippen molar-refractivity contribution in [1.29, 1.82) is 0 Å². The average Bonchev–Trinajstić information content (AvgIpc) is 2.50. The summed E-state index contributed by atoms with van der Waals surface area (Å²) in [5.74, 6) is -0.477. The smallest absolute Gasteiger partial charge is 0.371 e. The molecule has 2 N–H and O–H groups in total. The van der Waals surface area contributed by atoms with Crippen LogP contribution in [0.3, 0.4) is 0 Å². The molecule has 0 spiro atoms. The van der Waals surface area contributed by atoms with E-state index in [1.807, 2.05) is 4.90 Å². The summed E-state index contributed by atoms with van der Waals surface area (Å²) in [5.41, 5.74) is 0. The van der Waals surface area contributed by atoms with Crippen molar-refractivity contribution >= 4 is 5.97 Å². The molecular formula is C9H11NO4. The maximum absolute atomic E-state index is 10.5. The molecule has 0 aliphatic carbocycles. The van der Waals surface area contributed by atoms with Crippen LogP contribution in [-0.4, -0.2) is 40.3 Å². The first-order valence-corrected chi connectivity index (χ1v) is 4.37. The Morgan fingerprint density at radius 3 is 2.79 bits per heavy atom. The molecule has 0 saturated carbocycles. The molecule has 0 bridgehead atoms. The van der Waals surface area contributed by atoms with Gasteiger partial charge in [0.1, 0.15) is 5.76 Å². The van der Waals surface area contributed by atoms with E-state index in [0.29, 0.717) is 25.4 Å². The van der Waals surface area contributed by atoms with E-state index in [1.54, 1.807) is 6.07 Å². The minimum absolute atomic E-state index is 0.0407. The molecule has 0 radical (unpaired) electrons. The van der Waals surface area contributed by atoms with Crippen molar-refractivity contribution < 1.29 is 19.4 Å². The van der Waals surface area contributed by atoms with Gasteiger partial charge in [0.15, 0.2) is 0 Å². The highest BCUT2D eigenvalue weighted by Crippen LogP contribution is 2.15. The van der Waals surface area contributed by atoms with Crippen LogP contribution in [0.2, 0.25) is 0 Å². The highest BCUT2D eigenvalue weighted by Gasteiger charge is 2.25. The Morgan fingerprint density at radius 2 is 2.29 bits per heavy atom. The van der Waals surface area contributed by atoms with Gasteiger partial charge in [-0.1, -0.05) is 0 Å². The standard InChI is InChI=1S/C9H11NO4/c11-6-3-10(4-6)5-7-1-2-8(14-7)9(12)13/h1-2,6,11H,3-5H2,(H,12,13). The van der Waals surface area contributed by atoms with Crippen LogP contribution in [0.5, 0.6) is 0 Å². The van der Waals surface area contributed by atoms with E-state index >= 15 is 0 Å². The Morgan fingerprint density at radius 1 is 1.57 bits per heavy atom. The largest absolute Gasteiger partial charge is 0.475 e. The third-order valence-corrected chi connectivity index (χ3v) is 2.19. The number of hydrogen-bond donors (Lipinski definition) is 2. The Labute approximate surface area is 80.6 Å². The molecule has 1 aliphatic rings. The number of nitrogens with zero attached hydrogens (tertiary/aromatic N) is 1. The molecule has 1 saturated heterocycles. The number of aliphatic hydroxyl groups excluding tert-OH is 1. The minimum Gasteiger partial charge on any atom is -0.475 e. The van der Waals surface area contributed by atoms with Gasteiger partial charge < -0.3 is 14.6 Å². The summed E-state index contributed by atoms with van der Waals surface area (Å²) >= 11 is 0. The van der Waals surface area contributed by atoms with Crippen molar-refractivity contribution in [2.75, 3.05) is 13.1 Å². The van der Waals surface area contributed by atoms with Gasteiger partial charge in [-0.3, -0.25) is 4.90 Å². The summed E-state index contributed by atoms with van der Waals surface area (Å²) in [6.45, 7) is 1.82. The number of carbonyl (C=O) groups is 1. The zero-order valence-corrected chi connectivity index (χ0v) is 7.51. The maximum Gasteiger partial charge on any atom is 0.371 e. The van der Waals surface area contributed by atoms with Crippen LogP contribution < -0.4 is 0 Å². The van der Waals surface area contributed by atoms with Gasteiger partial charge in [-0.15, -0.1) is 0 Å². The van der Waals surface area contributed by atoms with Gasteiger partial charge in [0, 0.05) is 13.1 Å². The van der Waals surface area contributed by atoms with Crippen molar-refractivity contribution in [2.24, 2.45) is 0 Å². The van der Waals surface area contributed by atoms with Crippen LogP contribution in [0.25, 0.3) is 0 Å². The van der Waals surface area contributed by atoms with Crippen LogP contribution in [0.4, 0.5) is 0 Å². The van der Waals surface area contributed by atoms with E-state index in [2.05, 4.69) is 0 Å². The summed E-state index contributed by atoms with van der Waals surface area (Å²) in [6, 6.07) is 3.09. The summed E-state index contributed by atoms with van der Waals surface area (Å²) in [4.78, 5) is 12.5. The van der Waals surface area contributed by atoms with Gasteiger partial charge >= 0.3 is 5.97 Å². The maximum atomic E-state index is 10.5. The van der Waals surface area contributed by atoms with Crippen LogP contribution in [-0.2, 0) is 6.54 Å². The molecule has 2 rings (SSSR count). The van der Waals surface area contributed by atoms with Crippen molar-refractivity contribution in [2.45, 2.75) is 12.6 Å². The second-order valence-corrected chi connectivity index (χ2v) is 3.42. The Kier molecular flexibility index (Phi) is 2.26. The molecule has 0 aromatic carbocycles. The Bertz CT molecular complexity index is 340. The van der Waals surface area contributed by atoms with Crippen LogP contribution >= 0.6 is 0 Å². The predicted octanol–water partition coefficient (Wildman–Crippen LogP) is 0.154. The number of furan rings is 1. The SMILES string of the molecule is O=C(O)c1ccc(CN2CC(O)C2)o1. The van der Waals surface area contributed by atoms with Crippen LogP contribution in [0.1, 0.15) is 16.3 Å². The van der Waals surface area contributed by atoms with Gasteiger partial charge in [0.25, 0.3) is 0 Å². The number of hydrogen-bond acceptors (Lipinski definition) is 4. The molecule has 1 fully saturated rings. The number of aromatic carboxylic acids is 1. The molecule has 5 nitrogen and oxygen atoms in total. The molecule has 1 aliphatic heterocycles. The van der Waals surface area contributed by atoms with E-state index < -0.39 is 5.97 Å². The number of likely N-dealkylation sites (tertiary alicyclic amines) is 1. The number of β-amino-alcohol motifs (C(OH)–C–C–N with tert-alkyl or cyclic N) is 1. The van der Waals surface area contributed by atoms with Crippen molar-refractivity contribution in [3.8, 4) is 0 Å². The summed E-state index contributed by atoms with van der Waals surface area (Å²) < 4.78 is 5.06. The monoisotopic (exact) mass is 197 g/mol. The highest BCUT2D eigenvalue weighted by molar-refractivity contribution is 5.84. The fourth-order valence-electron chi connectivity index (χ4n) is 1.47. The number of carboxylic acid groups (broad SMARTS) is 1. The van der Waals surface area contributed by atoms with E-state index in [0.717, 1.165) is 0 Å². The number of carboxylic acids is 1. The van der Waals surface area contributed by atoms with Gasteiger partial charge in [0.2, 0.25) is 5.76 Å². The van der Waals surface area contributed by atoms with Gasteiger partial charge in [-0.05, 0) is 12.1 Å².